The van der Waals surface area contributed by atoms with Crippen molar-refractivity contribution >= 4 is 33.1 Å². The van der Waals surface area contributed by atoms with Crippen LogP contribution in [-0.2, 0) is 21.0 Å². The molecule has 1 aliphatic carbocycles. The van der Waals surface area contributed by atoms with Gasteiger partial charge in [0.25, 0.3) is 5.56 Å². The standard InChI is InChI=1S/C22H34ClN3O5S/c1-20(2,3)31-19(28)25-11-10-22(29,21(14-25)8-6-7-9-21)15-26-13-17(24-32(4,5)30)16(23)12-18(26)27/h12-13,29H,6-11,14-15H2,1-5H3. The van der Waals surface area contributed by atoms with E-state index in [1.807, 2.05) is 20.8 Å². The van der Waals surface area contributed by atoms with E-state index in [2.05, 4.69) is 4.36 Å². The maximum absolute atomic E-state index is 12.7. The number of carbonyl (C=O) groups is 1. The van der Waals surface area contributed by atoms with Gasteiger partial charge in [-0.15, -0.1) is 0 Å². The molecule has 1 spiro atoms. The lowest BCUT2D eigenvalue weighted by Crippen LogP contribution is -2.62. The first kappa shape index (κ1) is 25.1. The second-order valence-corrected chi connectivity index (χ2v) is 13.4. The number of pyridine rings is 1. The van der Waals surface area contributed by atoms with Crippen LogP contribution >= 0.6 is 11.6 Å². The van der Waals surface area contributed by atoms with E-state index < -0.39 is 26.3 Å². The van der Waals surface area contributed by atoms with Crippen molar-refractivity contribution in [2.24, 2.45) is 9.78 Å². The molecule has 3 rings (SSSR count). The van der Waals surface area contributed by atoms with Crippen LogP contribution in [0.4, 0.5) is 10.5 Å². The predicted octanol–water partition coefficient (Wildman–Crippen LogP) is 3.79. The Morgan fingerprint density at radius 2 is 1.91 bits per heavy atom. The number of piperidine rings is 1. The normalized spacial score (nSPS) is 23.4. The summed E-state index contributed by atoms with van der Waals surface area (Å²) in [6.45, 7) is 6.27. The molecule has 0 bridgehead atoms. The minimum Gasteiger partial charge on any atom is -0.444 e. The maximum atomic E-state index is 12.7. The summed E-state index contributed by atoms with van der Waals surface area (Å²) < 4.78 is 23.3. The van der Waals surface area contributed by atoms with Gasteiger partial charge in [-0.25, -0.2) is 9.00 Å². The van der Waals surface area contributed by atoms with E-state index in [0.717, 1.165) is 25.7 Å². The Hall–Kier alpha value is -1.58. The number of rotatable bonds is 3. The van der Waals surface area contributed by atoms with E-state index in [9.17, 15) is 18.9 Å². The molecule has 1 aliphatic heterocycles. The highest BCUT2D eigenvalue weighted by Gasteiger charge is 2.56. The molecule has 1 N–H and O–H groups in total. The minimum absolute atomic E-state index is 0.0578. The van der Waals surface area contributed by atoms with Gasteiger partial charge in [-0.3, -0.25) is 4.79 Å². The molecule has 1 aromatic heterocycles. The average molecular weight is 488 g/mol. The molecule has 10 heteroatoms. The summed E-state index contributed by atoms with van der Waals surface area (Å²) in [6.07, 6.45) is 7.84. The Bertz CT molecular complexity index is 1060. The summed E-state index contributed by atoms with van der Waals surface area (Å²) in [4.78, 5) is 27.1. The van der Waals surface area contributed by atoms with Crippen LogP contribution in [0.15, 0.2) is 21.4 Å². The lowest BCUT2D eigenvalue weighted by molar-refractivity contribution is -0.140. The Morgan fingerprint density at radius 3 is 2.47 bits per heavy atom. The Morgan fingerprint density at radius 1 is 1.28 bits per heavy atom. The van der Waals surface area contributed by atoms with Gasteiger partial charge < -0.3 is 19.3 Å². The third kappa shape index (κ3) is 5.48. The lowest BCUT2D eigenvalue weighted by atomic mass is 9.66. The highest BCUT2D eigenvalue weighted by atomic mass is 35.5. The Balaban J connectivity index is 1.93. The summed E-state index contributed by atoms with van der Waals surface area (Å²) in [6, 6.07) is 1.24. The molecule has 1 aromatic rings. The van der Waals surface area contributed by atoms with Gasteiger partial charge >= 0.3 is 6.09 Å². The summed E-state index contributed by atoms with van der Waals surface area (Å²) in [5.41, 5.74) is -2.40. The van der Waals surface area contributed by atoms with Crippen molar-refractivity contribution in [3.05, 3.63) is 27.6 Å². The number of hydrogen-bond acceptors (Lipinski definition) is 6. The second kappa shape index (κ2) is 8.65. The first-order valence-electron chi connectivity index (χ1n) is 10.9. The van der Waals surface area contributed by atoms with Crippen LogP contribution in [-0.4, -0.2) is 61.7 Å². The molecule has 2 aliphatic rings. The zero-order valence-corrected chi connectivity index (χ0v) is 21.1. The highest BCUT2D eigenvalue weighted by Crippen LogP contribution is 2.51. The van der Waals surface area contributed by atoms with Crippen molar-refractivity contribution in [2.45, 2.75) is 70.6 Å². The molecule has 0 aromatic carbocycles. The van der Waals surface area contributed by atoms with Gasteiger partial charge in [0, 0.05) is 53.0 Å². The molecule has 2 fully saturated rings. The zero-order valence-electron chi connectivity index (χ0n) is 19.5. The average Bonchev–Trinajstić information content (AvgIpc) is 3.09. The lowest BCUT2D eigenvalue weighted by Gasteiger charge is -2.52. The van der Waals surface area contributed by atoms with Gasteiger partial charge in [0.15, 0.2) is 0 Å². The fourth-order valence-corrected chi connectivity index (χ4v) is 5.68. The third-order valence-corrected chi connectivity index (χ3v) is 7.23. The number of aliphatic hydroxyl groups is 1. The van der Waals surface area contributed by atoms with Crippen molar-refractivity contribution in [3.63, 3.8) is 0 Å². The monoisotopic (exact) mass is 487 g/mol. The van der Waals surface area contributed by atoms with E-state index in [0.29, 0.717) is 19.5 Å². The molecular formula is C22H34ClN3O5S. The largest absolute Gasteiger partial charge is 0.444 e. The number of likely N-dealkylation sites (tertiary alicyclic amines) is 1. The minimum atomic E-state index is -2.48. The molecular weight excluding hydrogens is 454 g/mol. The van der Waals surface area contributed by atoms with Crippen LogP contribution in [0.5, 0.6) is 0 Å². The number of ether oxygens (including phenoxy) is 1. The summed E-state index contributed by atoms with van der Waals surface area (Å²) >= 11 is 6.16. The number of amides is 1. The molecule has 1 atom stereocenters. The third-order valence-electron chi connectivity index (χ3n) is 6.29. The second-order valence-electron chi connectivity index (χ2n) is 10.4. The molecule has 8 nitrogen and oxygen atoms in total. The number of halogens is 1. The first-order valence-corrected chi connectivity index (χ1v) is 13.6. The van der Waals surface area contributed by atoms with E-state index in [1.165, 1.54) is 29.3 Å². The molecule has 1 saturated carbocycles. The summed E-state index contributed by atoms with van der Waals surface area (Å²) in [5.74, 6) is 0. The number of hydrogen-bond donors (Lipinski definition) is 1. The van der Waals surface area contributed by atoms with Gasteiger partial charge in [0.2, 0.25) is 0 Å². The molecule has 32 heavy (non-hydrogen) atoms. The molecule has 180 valence electrons. The van der Waals surface area contributed by atoms with Gasteiger partial charge in [0.1, 0.15) is 11.3 Å². The van der Waals surface area contributed by atoms with Gasteiger partial charge in [-0.2, -0.15) is 4.36 Å². The summed E-state index contributed by atoms with van der Waals surface area (Å²) in [5, 5.41) is 12.0. The van der Waals surface area contributed by atoms with Crippen molar-refractivity contribution in [2.75, 3.05) is 25.6 Å². The maximum Gasteiger partial charge on any atom is 0.410 e. The van der Waals surface area contributed by atoms with E-state index in [-0.39, 0.29) is 28.9 Å². The van der Waals surface area contributed by atoms with Gasteiger partial charge in [-0.1, -0.05) is 24.4 Å². The van der Waals surface area contributed by atoms with Crippen LogP contribution < -0.4 is 5.56 Å². The van der Waals surface area contributed by atoms with Crippen LogP contribution in [0.1, 0.15) is 52.9 Å². The Kier molecular flexibility index (Phi) is 6.77. The zero-order chi connectivity index (χ0) is 23.9. The van der Waals surface area contributed by atoms with Crippen molar-refractivity contribution < 1.29 is 18.8 Å². The Labute approximate surface area is 195 Å². The van der Waals surface area contributed by atoms with Crippen LogP contribution in [0.3, 0.4) is 0 Å². The topological polar surface area (TPSA) is 101 Å². The first-order chi connectivity index (χ1) is 14.6. The van der Waals surface area contributed by atoms with Crippen molar-refractivity contribution in [1.29, 1.82) is 0 Å². The van der Waals surface area contributed by atoms with Gasteiger partial charge in [0.05, 0.1) is 17.2 Å². The number of carbonyl (C=O) groups excluding carboxylic acids is 1. The van der Waals surface area contributed by atoms with Crippen molar-refractivity contribution in [1.82, 2.24) is 9.47 Å². The van der Waals surface area contributed by atoms with Crippen molar-refractivity contribution in [3.8, 4) is 0 Å². The van der Waals surface area contributed by atoms with Crippen LogP contribution in [0, 0.1) is 5.41 Å². The van der Waals surface area contributed by atoms with Gasteiger partial charge in [-0.05, 0) is 40.0 Å². The van der Waals surface area contributed by atoms with Crippen LogP contribution in [0.25, 0.3) is 0 Å². The van der Waals surface area contributed by atoms with E-state index in [4.69, 9.17) is 16.3 Å². The summed E-state index contributed by atoms with van der Waals surface area (Å²) in [7, 11) is -2.48. The molecule has 1 unspecified atom stereocenters. The SMILES string of the molecule is CC(C)(C)OC(=O)N1CCC(O)(Cn2cc(N=S(C)(C)=O)c(Cl)cc2=O)C2(CCCC2)C1. The molecule has 1 amide bonds. The molecule has 2 heterocycles. The quantitative estimate of drug-likeness (QED) is 0.698. The smallest absolute Gasteiger partial charge is 0.410 e. The van der Waals surface area contributed by atoms with E-state index >= 15 is 0 Å². The fourth-order valence-electron chi connectivity index (χ4n) is 4.83. The number of aromatic nitrogens is 1. The van der Waals surface area contributed by atoms with Crippen LogP contribution in [0.2, 0.25) is 5.02 Å². The fraction of sp³-hybridized carbons (Fsp3) is 0.727. The number of nitrogens with zero attached hydrogens (tertiary/aromatic N) is 3. The molecule has 1 saturated heterocycles. The molecule has 0 radical (unpaired) electrons. The highest BCUT2D eigenvalue weighted by molar-refractivity contribution is 7.92. The predicted molar refractivity (Wildman–Crippen MR) is 126 cm³/mol. The van der Waals surface area contributed by atoms with E-state index in [1.54, 1.807) is 4.90 Å².